The van der Waals surface area contributed by atoms with E-state index in [1.807, 2.05) is 24.3 Å². The fourth-order valence-electron chi connectivity index (χ4n) is 1.85. The van der Waals surface area contributed by atoms with E-state index in [2.05, 4.69) is 26.1 Å². The molecule has 0 aliphatic rings. The molecule has 7 heteroatoms. The lowest BCUT2D eigenvalue weighted by Crippen LogP contribution is -1.91. The van der Waals surface area contributed by atoms with Gasteiger partial charge in [0.2, 0.25) is 5.89 Å². The summed E-state index contributed by atoms with van der Waals surface area (Å²) in [5.41, 5.74) is 0.984. The SMILES string of the molecule is O=[N+]([O-])c1ccccc1-c1nnc(-c2ccc(Br)cc2)o1. The summed E-state index contributed by atoms with van der Waals surface area (Å²) in [6.07, 6.45) is 0. The summed E-state index contributed by atoms with van der Waals surface area (Å²) >= 11 is 3.34. The largest absolute Gasteiger partial charge is 0.416 e. The van der Waals surface area contributed by atoms with Crippen LogP contribution >= 0.6 is 15.9 Å². The highest BCUT2D eigenvalue weighted by atomic mass is 79.9. The maximum Gasteiger partial charge on any atom is 0.282 e. The first kappa shape index (κ1) is 13.4. The zero-order chi connectivity index (χ0) is 14.8. The number of benzene rings is 2. The lowest BCUT2D eigenvalue weighted by molar-refractivity contribution is -0.384. The molecule has 104 valence electrons. The smallest absolute Gasteiger partial charge is 0.282 e. The van der Waals surface area contributed by atoms with E-state index in [4.69, 9.17) is 4.42 Å². The summed E-state index contributed by atoms with van der Waals surface area (Å²) in [4.78, 5) is 10.5. The predicted octanol–water partition coefficient (Wildman–Crippen LogP) is 4.07. The summed E-state index contributed by atoms with van der Waals surface area (Å²) < 4.78 is 6.48. The van der Waals surface area contributed by atoms with E-state index in [1.165, 1.54) is 6.07 Å². The number of hydrogen-bond donors (Lipinski definition) is 0. The average Bonchev–Trinajstić information content (AvgIpc) is 2.97. The van der Waals surface area contributed by atoms with Gasteiger partial charge in [-0.05, 0) is 30.3 Å². The molecule has 0 bridgehead atoms. The molecule has 1 heterocycles. The highest BCUT2D eigenvalue weighted by molar-refractivity contribution is 9.10. The molecular formula is C14H8BrN3O3. The fourth-order valence-corrected chi connectivity index (χ4v) is 2.12. The van der Waals surface area contributed by atoms with Crippen molar-refractivity contribution in [2.45, 2.75) is 0 Å². The van der Waals surface area contributed by atoms with Crippen molar-refractivity contribution in [1.82, 2.24) is 10.2 Å². The van der Waals surface area contributed by atoms with Gasteiger partial charge in [0.05, 0.1) is 4.92 Å². The van der Waals surface area contributed by atoms with Gasteiger partial charge in [-0.25, -0.2) is 0 Å². The molecule has 21 heavy (non-hydrogen) atoms. The Balaban J connectivity index is 2.03. The molecule has 0 atom stereocenters. The van der Waals surface area contributed by atoms with E-state index < -0.39 is 4.92 Å². The van der Waals surface area contributed by atoms with Crippen LogP contribution in [0.5, 0.6) is 0 Å². The first-order chi connectivity index (χ1) is 10.1. The fraction of sp³-hybridized carbons (Fsp3) is 0. The van der Waals surface area contributed by atoms with Gasteiger partial charge < -0.3 is 4.42 Å². The van der Waals surface area contributed by atoms with Gasteiger partial charge in [-0.3, -0.25) is 10.1 Å². The first-order valence-corrected chi connectivity index (χ1v) is 6.77. The lowest BCUT2D eigenvalue weighted by Gasteiger charge is -1.97. The van der Waals surface area contributed by atoms with Crippen molar-refractivity contribution in [3.63, 3.8) is 0 Å². The summed E-state index contributed by atoms with van der Waals surface area (Å²) in [6.45, 7) is 0. The van der Waals surface area contributed by atoms with Crippen molar-refractivity contribution in [3.8, 4) is 22.9 Å². The van der Waals surface area contributed by atoms with Gasteiger partial charge >= 0.3 is 0 Å². The van der Waals surface area contributed by atoms with Gasteiger partial charge in [-0.1, -0.05) is 28.1 Å². The molecule has 0 saturated carbocycles. The summed E-state index contributed by atoms with van der Waals surface area (Å²) in [7, 11) is 0. The van der Waals surface area contributed by atoms with Crippen LogP contribution in [0.1, 0.15) is 0 Å². The highest BCUT2D eigenvalue weighted by Gasteiger charge is 2.19. The van der Waals surface area contributed by atoms with Crippen LogP contribution in [0.4, 0.5) is 5.69 Å². The molecule has 0 spiro atoms. The van der Waals surface area contributed by atoms with Crippen LogP contribution in [-0.2, 0) is 0 Å². The Morgan fingerprint density at radius 3 is 2.38 bits per heavy atom. The molecular weight excluding hydrogens is 338 g/mol. The number of aromatic nitrogens is 2. The van der Waals surface area contributed by atoms with Crippen LogP contribution in [0.15, 0.2) is 57.4 Å². The number of nitro benzene ring substituents is 1. The summed E-state index contributed by atoms with van der Waals surface area (Å²) in [6, 6.07) is 13.6. The molecule has 2 aromatic carbocycles. The van der Waals surface area contributed by atoms with Crippen LogP contribution in [0.3, 0.4) is 0 Å². The molecule has 3 aromatic rings. The molecule has 0 unspecified atom stereocenters. The monoisotopic (exact) mass is 345 g/mol. The second kappa shape index (κ2) is 5.45. The third-order valence-electron chi connectivity index (χ3n) is 2.85. The van der Waals surface area contributed by atoms with E-state index in [9.17, 15) is 10.1 Å². The second-order valence-electron chi connectivity index (χ2n) is 4.19. The maximum atomic E-state index is 11.0. The van der Waals surface area contributed by atoms with Crippen molar-refractivity contribution in [1.29, 1.82) is 0 Å². The van der Waals surface area contributed by atoms with Gasteiger partial charge in [-0.2, -0.15) is 0 Å². The van der Waals surface area contributed by atoms with Crippen molar-refractivity contribution < 1.29 is 9.34 Å². The van der Waals surface area contributed by atoms with E-state index in [0.717, 1.165) is 10.0 Å². The molecule has 0 aliphatic heterocycles. The standard InChI is InChI=1S/C14H8BrN3O3/c15-10-7-5-9(6-8-10)13-16-17-14(21-13)11-3-1-2-4-12(11)18(19)20/h1-8H. The zero-order valence-electron chi connectivity index (χ0n) is 10.6. The Kier molecular flexibility index (Phi) is 3.49. The van der Waals surface area contributed by atoms with Gasteiger partial charge in [0, 0.05) is 16.1 Å². The number of hydrogen-bond acceptors (Lipinski definition) is 5. The minimum Gasteiger partial charge on any atom is -0.416 e. The molecule has 0 N–H and O–H groups in total. The molecule has 0 fully saturated rings. The normalized spacial score (nSPS) is 10.5. The second-order valence-corrected chi connectivity index (χ2v) is 5.11. The van der Waals surface area contributed by atoms with Crippen LogP contribution in [0.25, 0.3) is 22.9 Å². The average molecular weight is 346 g/mol. The Bertz CT molecular complexity index is 799. The number of halogens is 1. The van der Waals surface area contributed by atoms with Crippen molar-refractivity contribution in [3.05, 3.63) is 63.1 Å². The quantitative estimate of drug-likeness (QED) is 0.527. The number of rotatable bonds is 3. The van der Waals surface area contributed by atoms with Crippen LogP contribution in [0, 0.1) is 10.1 Å². The van der Waals surface area contributed by atoms with E-state index in [-0.39, 0.29) is 11.6 Å². The van der Waals surface area contributed by atoms with Crippen molar-refractivity contribution >= 4 is 21.6 Å². The minimum absolute atomic E-state index is 0.0662. The van der Waals surface area contributed by atoms with E-state index in [0.29, 0.717) is 11.5 Å². The van der Waals surface area contributed by atoms with E-state index >= 15 is 0 Å². The Hall–Kier alpha value is -2.54. The van der Waals surface area contributed by atoms with Crippen LogP contribution in [0.2, 0.25) is 0 Å². The number of nitrogens with zero attached hydrogens (tertiary/aromatic N) is 3. The van der Waals surface area contributed by atoms with Gasteiger partial charge in [-0.15, -0.1) is 10.2 Å². The third kappa shape index (κ3) is 2.68. The maximum absolute atomic E-state index is 11.0. The summed E-state index contributed by atoms with van der Waals surface area (Å²) in [5.74, 6) is 0.441. The predicted molar refractivity (Wildman–Crippen MR) is 79.5 cm³/mol. The Morgan fingerprint density at radius 1 is 1.00 bits per heavy atom. The Morgan fingerprint density at radius 2 is 1.67 bits per heavy atom. The van der Waals surface area contributed by atoms with Crippen molar-refractivity contribution in [2.75, 3.05) is 0 Å². The lowest BCUT2D eigenvalue weighted by atomic mass is 10.2. The van der Waals surface area contributed by atoms with Gasteiger partial charge in [0.15, 0.2) is 0 Å². The number of para-hydroxylation sites is 1. The molecule has 0 radical (unpaired) electrons. The highest BCUT2D eigenvalue weighted by Crippen LogP contribution is 2.30. The molecule has 0 saturated heterocycles. The molecule has 3 rings (SSSR count). The summed E-state index contributed by atoms with van der Waals surface area (Å²) in [5, 5.41) is 18.9. The molecule has 6 nitrogen and oxygen atoms in total. The molecule has 1 aromatic heterocycles. The van der Waals surface area contributed by atoms with Crippen molar-refractivity contribution in [2.24, 2.45) is 0 Å². The van der Waals surface area contributed by atoms with E-state index in [1.54, 1.807) is 18.2 Å². The van der Waals surface area contributed by atoms with Crippen LogP contribution < -0.4 is 0 Å². The molecule has 0 aliphatic carbocycles. The van der Waals surface area contributed by atoms with Gasteiger partial charge in [0.25, 0.3) is 11.6 Å². The minimum atomic E-state index is -0.473. The number of nitro groups is 1. The zero-order valence-corrected chi connectivity index (χ0v) is 12.1. The molecule has 0 amide bonds. The van der Waals surface area contributed by atoms with Crippen LogP contribution in [-0.4, -0.2) is 15.1 Å². The first-order valence-electron chi connectivity index (χ1n) is 5.98. The third-order valence-corrected chi connectivity index (χ3v) is 3.38. The topological polar surface area (TPSA) is 82.1 Å². The van der Waals surface area contributed by atoms with Gasteiger partial charge in [0.1, 0.15) is 5.56 Å². The Labute approximate surface area is 127 Å².